The van der Waals surface area contributed by atoms with Crippen molar-refractivity contribution >= 4 is 17.7 Å². The minimum atomic E-state index is -0.480. The summed E-state index contributed by atoms with van der Waals surface area (Å²) in [5.74, 6) is 0.322. The molecule has 3 saturated heterocycles. The number of amides is 3. The second-order valence-electron chi connectivity index (χ2n) is 9.22. The lowest BCUT2D eigenvalue weighted by Crippen LogP contribution is -2.53. The van der Waals surface area contributed by atoms with E-state index in [0.29, 0.717) is 26.2 Å². The Kier molecular flexibility index (Phi) is 5.37. The smallest absolute Gasteiger partial charge is 0.253 e. The molecule has 6 nitrogen and oxygen atoms in total. The third-order valence-electron chi connectivity index (χ3n) is 7.92. The van der Waals surface area contributed by atoms with E-state index in [9.17, 15) is 14.4 Å². The van der Waals surface area contributed by atoms with Gasteiger partial charge in [-0.25, -0.2) is 0 Å². The van der Waals surface area contributed by atoms with E-state index in [2.05, 4.69) is 6.92 Å². The third-order valence-corrected chi connectivity index (χ3v) is 7.92. The van der Waals surface area contributed by atoms with Crippen LogP contribution >= 0.6 is 0 Å². The fourth-order valence-corrected chi connectivity index (χ4v) is 5.91. The van der Waals surface area contributed by atoms with E-state index in [1.807, 2.05) is 45.9 Å². The minimum Gasteiger partial charge on any atom is -0.342 e. The molecular formula is C24H33N3O3. The number of fused-ring (bicyclic) bond motifs is 1. The van der Waals surface area contributed by atoms with Crippen LogP contribution in [0.25, 0.3) is 0 Å². The van der Waals surface area contributed by atoms with E-state index in [1.165, 1.54) is 5.56 Å². The first-order valence-electron chi connectivity index (χ1n) is 11.3. The van der Waals surface area contributed by atoms with Gasteiger partial charge in [-0.1, -0.05) is 19.1 Å². The summed E-state index contributed by atoms with van der Waals surface area (Å²) >= 11 is 0. The lowest BCUT2D eigenvalue weighted by molar-refractivity contribution is -0.141. The first kappa shape index (κ1) is 20.9. The van der Waals surface area contributed by atoms with Crippen molar-refractivity contribution in [1.82, 2.24) is 14.7 Å². The monoisotopic (exact) mass is 411 g/mol. The molecule has 0 N–H and O–H groups in total. The van der Waals surface area contributed by atoms with E-state index < -0.39 is 5.41 Å². The SMILES string of the molecule is CCc1ccc(C(=O)N2CCC3(CC2)CN(C(C)=O)C[C@@]32CCN(CC)C2=O)cc1. The molecule has 162 valence electrons. The van der Waals surface area contributed by atoms with Crippen LogP contribution in [-0.4, -0.2) is 71.7 Å². The van der Waals surface area contributed by atoms with Crippen molar-refractivity contribution in [2.75, 3.05) is 39.3 Å². The van der Waals surface area contributed by atoms with Crippen LogP contribution in [0.2, 0.25) is 0 Å². The topological polar surface area (TPSA) is 60.9 Å². The number of hydrogen-bond donors (Lipinski definition) is 0. The fourth-order valence-electron chi connectivity index (χ4n) is 5.91. The van der Waals surface area contributed by atoms with E-state index in [0.717, 1.165) is 44.3 Å². The molecule has 1 atom stereocenters. The molecule has 4 rings (SSSR count). The molecule has 3 amide bonds. The minimum absolute atomic E-state index is 0.0449. The molecule has 0 radical (unpaired) electrons. The second-order valence-corrected chi connectivity index (χ2v) is 9.22. The lowest BCUT2D eigenvalue weighted by Gasteiger charge is -2.46. The highest BCUT2D eigenvalue weighted by molar-refractivity contribution is 5.94. The van der Waals surface area contributed by atoms with Crippen molar-refractivity contribution in [3.8, 4) is 0 Å². The van der Waals surface area contributed by atoms with Crippen molar-refractivity contribution in [1.29, 1.82) is 0 Å². The van der Waals surface area contributed by atoms with Crippen LogP contribution in [0.1, 0.15) is 56.0 Å². The average Bonchev–Trinajstić information content (AvgIpc) is 3.26. The molecule has 3 aliphatic heterocycles. The van der Waals surface area contributed by atoms with Gasteiger partial charge < -0.3 is 14.7 Å². The van der Waals surface area contributed by atoms with Gasteiger partial charge in [0, 0.05) is 57.2 Å². The molecule has 0 unspecified atom stereocenters. The number of carbonyl (C=O) groups is 3. The first-order chi connectivity index (χ1) is 14.4. The summed E-state index contributed by atoms with van der Waals surface area (Å²) in [6.45, 7) is 9.66. The van der Waals surface area contributed by atoms with Crippen molar-refractivity contribution in [2.24, 2.45) is 10.8 Å². The molecule has 0 aliphatic carbocycles. The summed E-state index contributed by atoms with van der Waals surface area (Å²) in [6.07, 6.45) is 3.33. The zero-order chi connectivity index (χ0) is 21.5. The molecule has 6 heteroatoms. The Bertz CT molecular complexity index is 842. The normalized spacial score (nSPS) is 25.6. The zero-order valence-electron chi connectivity index (χ0n) is 18.4. The van der Waals surface area contributed by atoms with Gasteiger partial charge in [0.1, 0.15) is 0 Å². The van der Waals surface area contributed by atoms with Gasteiger partial charge in [-0.2, -0.15) is 0 Å². The standard InChI is InChI=1S/C24H33N3O3/c1-4-19-6-8-20(9-7-19)21(29)26-13-10-23(11-14-26)16-27(18(3)28)17-24(23)12-15-25(5-2)22(24)30/h6-9H,4-5,10-17H2,1-3H3/t24-/m1/s1. The molecule has 3 aliphatic rings. The number of piperidine rings is 1. The van der Waals surface area contributed by atoms with Crippen molar-refractivity contribution in [3.63, 3.8) is 0 Å². The quantitative estimate of drug-likeness (QED) is 0.768. The number of aryl methyl sites for hydroxylation is 1. The lowest BCUT2D eigenvalue weighted by atomic mass is 9.60. The Morgan fingerprint density at radius 3 is 2.13 bits per heavy atom. The van der Waals surface area contributed by atoms with Crippen LogP contribution in [0, 0.1) is 10.8 Å². The summed E-state index contributed by atoms with van der Waals surface area (Å²) < 4.78 is 0. The van der Waals surface area contributed by atoms with Crippen molar-refractivity contribution in [3.05, 3.63) is 35.4 Å². The van der Waals surface area contributed by atoms with Gasteiger partial charge in [0.2, 0.25) is 11.8 Å². The zero-order valence-corrected chi connectivity index (χ0v) is 18.4. The molecular weight excluding hydrogens is 378 g/mol. The van der Waals surface area contributed by atoms with Crippen LogP contribution in [0.15, 0.2) is 24.3 Å². The van der Waals surface area contributed by atoms with E-state index in [4.69, 9.17) is 0 Å². The fraction of sp³-hybridized carbons (Fsp3) is 0.625. The first-order valence-corrected chi connectivity index (χ1v) is 11.3. The summed E-state index contributed by atoms with van der Waals surface area (Å²) in [4.78, 5) is 44.4. The Morgan fingerprint density at radius 1 is 0.933 bits per heavy atom. The molecule has 2 spiro atoms. The van der Waals surface area contributed by atoms with E-state index in [-0.39, 0.29) is 23.1 Å². The predicted molar refractivity (Wildman–Crippen MR) is 115 cm³/mol. The Labute approximate surface area is 179 Å². The molecule has 0 saturated carbocycles. The number of likely N-dealkylation sites (tertiary alicyclic amines) is 3. The largest absolute Gasteiger partial charge is 0.342 e. The molecule has 1 aromatic rings. The van der Waals surface area contributed by atoms with Gasteiger partial charge in [-0.05, 0) is 50.3 Å². The number of benzene rings is 1. The highest BCUT2D eigenvalue weighted by Gasteiger charge is 2.65. The highest BCUT2D eigenvalue weighted by atomic mass is 16.2. The Morgan fingerprint density at radius 2 is 1.60 bits per heavy atom. The summed E-state index contributed by atoms with van der Waals surface area (Å²) in [7, 11) is 0. The summed E-state index contributed by atoms with van der Waals surface area (Å²) in [5, 5.41) is 0. The van der Waals surface area contributed by atoms with Crippen LogP contribution in [0.5, 0.6) is 0 Å². The summed E-state index contributed by atoms with van der Waals surface area (Å²) in [5.41, 5.74) is 1.25. The number of carbonyl (C=O) groups excluding carboxylic acids is 3. The van der Waals surface area contributed by atoms with Gasteiger partial charge >= 0.3 is 0 Å². The van der Waals surface area contributed by atoms with Gasteiger partial charge in [0.25, 0.3) is 5.91 Å². The van der Waals surface area contributed by atoms with Crippen LogP contribution in [0.3, 0.4) is 0 Å². The van der Waals surface area contributed by atoms with Gasteiger partial charge in [-0.3, -0.25) is 14.4 Å². The van der Waals surface area contributed by atoms with E-state index >= 15 is 0 Å². The molecule has 0 aromatic heterocycles. The second kappa shape index (κ2) is 7.71. The maximum Gasteiger partial charge on any atom is 0.253 e. The van der Waals surface area contributed by atoms with Gasteiger partial charge in [-0.15, -0.1) is 0 Å². The van der Waals surface area contributed by atoms with E-state index in [1.54, 1.807) is 6.92 Å². The molecule has 3 heterocycles. The maximum absolute atomic E-state index is 13.4. The molecule has 3 fully saturated rings. The molecule has 0 bridgehead atoms. The van der Waals surface area contributed by atoms with Crippen molar-refractivity contribution < 1.29 is 14.4 Å². The predicted octanol–water partition coefficient (Wildman–Crippen LogP) is 2.57. The summed E-state index contributed by atoms with van der Waals surface area (Å²) in [6, 6.07) is 7.87. The Hall–Kier alpha value is -2.37. The Balaban J connectivity index is 1.54. The number of nitrogens with zero attached hydrogens (tertiary/aromatic N) is 3. The van der Waals surface area contributed by atoms with Crippen LogP contribution in [-0.2, 0) is 16.0 Å². The van der Waals surface area contributed by atoms with Crippen molar-refractivity contribution in [2.45, 2.75) is 46.5 Å². The van der Waals surface area contributed by atoms with Crippen LogP contribution < -0.4 is 0 Å². The van der Waals surface area contributed by atoms with Gasteiger partial charge in [0.05, 0.1) is 5.41 Å². The number of hydrogen-bond acceptors (Lipinski definition) is 3. The van der Waals surface area contributed by atoms with Crippen LogP contribution in [0.4, 0.5) is 0 Å². The molecule has 1 aromatic carbocycles. The highest BCUT2D eigenvalue weighted by Crippen LogP contribution is 2.57. The third kappa shape index (κ3) is 3.12. The maximum atomic E-state index is 13.4. The molecule has 30 heavy (non-hydrogen) atoms. The average molecular weight is 412 g/mol. The number of rotatable bonds is 3. The van der Waals surface area contributed by atoms with Gasteiger partial charge in [0.15, 0.2) is 0 Å².